The van der Waals surface area contributed by atoms with Gasteiger partial charge in [-0.3, -0.25) is 0 Å². The summed E-state index contributed by atoms with van der Waals surface area (Å²) in [4.78, 5) is 19.4. The van der Waals surface area contributed by atoms with Crippen molar-refractivity contribution in [2.24, 2.45) is 0 Å². The zero-order valence-electron chi connectivity index (χ0n) is 14.0. The minimum Gasteiger partial charge on any atom is -0.495 e. The number of ether oxygens (including phenoxy) is 3. The van der Waals surface area contributed by atoms with E-state index in [9.17, 15) is 4.79 Å². The van der Waals surface area contributed by atoms with Crippen molar-refractivity contribution in [1.29, 1.82) is 0 Å². The summed E-state index contributed by atoms with van der Waals surface area (Å²) in [7, 11) is 1.52. The number of methoxy groups -OCH3 is 1. The number of hydrogen-bond donors (Lipinski definition) is 1. The van der Waals surface area contributed by atoms with Crippen LogP contribution in [0.4, 0.5) is 0 Å². The molecule has 0 saturated carbocycles. The van der Waals surface area contributed by atoms with Gasteiger partial charge in [-0.2, -0.15) is 0 Å². The number of benzene rings is 2. The minimum absolute atomic E-state index is 0.264. The highest BCUT2D eigenvalue weighted by atomic mass is 35.5. The van der Waals surface area contributed by atoms with E-state index in [4.69, 9.17) is 30.9 Å². The zero-order chi connectivity index (χ0) is 18.7. The Morgan fingerprint density at radius 1 is 1.15 bits per heavy atom. The minimum atomic E-state index is -1.04. The summed E-state index contributed by atoms with van der Waals surface area (Å²) < 4.78 is 16.1. The first kappa shape index (κ1) is 17.8. The Morgan fingerprint density at radius 2 is 1.85 bits per heavy atom. The van der Waals surface area contributed by atoms with Gasteiger partial charge in [0.25, 0.3) is 0 Å². The molecule has 0 aliphatic carbocycles. The Labute approximate surface area is 154 Å². The summed E-state index contributed by atoms with van der Waals surface area (Å²) in [6, 6.07) is 9.98. The first-order valence-electron chi connectivity index (χ1n) is 7.64. The molecule has 1 atom stereocenters. The molecule has 0 fully saturated rings. The van der Waals surface area contributed by atoms with Crippen LogP contribution in [0.2, 0.25) is 5.02 Å². The van der Waals surface area contributed by atoms with Crippen LogP contribution in [0.3, 0.4) is 0 Å². The molecule has 3 aromatic rings. The topological polar surface area (TPSA) is 90.8 Å². The van der Waals surface area contributed by atoms with Crippen LogP contribution in [-0.2, 0) is 4.79 Å². The Bertz CT molecular complexity index is 946. The maximum absolute atomic E-state index is 10.8. The lowest BCUT2D eigenvalue weighted by atomic mass is 10.3. The Balaban J connectivity index is 1.80. The lowest BCUT2D eigenvalue weighted by Crippen LogP contribution is -2.22. The first-order chi connectivity index (χ1) is 12.5. The van der Waals surface area contributed by atoms with Crippen LogP contribution in [0, 0.1) is 0 Å². The molecule has 0 radical (unpaired) electrons. The van der Waals surface area contributed by atoms with E-state index in [0.717, 1.165) is 0 Å². The van der Waals surface area contributed by atoms with Gasteiger partial charge < -0.3 is 19.3 Å². The van der Waals surface area contributed by atoms with Gasteiger partial charge in [0.05, 0.1) is 18.8 Å². The molecule has 7 nitrogen and oxygen atoms in total. The molecule has 0 spiro atoms. The van der Waals surface area contributed by atoms with Gasteiger partial charge in [0.2, 0.25) is 5.88 Å². The number of hydrogen-bond acceptors (Lipinski definition) is 6. The predicted octanol–water partition coefficient (Wildman–Crippen LogP) is 3.94. The molecule has 0 aliphatic rings. The van der Waals surface area contributed by atoms with Crippen molar-refractivity contribution < 1.29 is 24.1 Å². The van der Waals surface area contributed by atoms with E-state index in [1.165, 1.54) is 20.2 Å². The molecule has 2 aromatic carbocycles. The fraction of sp³-hybridized carbons (Fsp3) is 0.167. The SMILES string of the molecule is COc1ccc2ncc(Oc3ccc(OC(C)C(=O)O)cc3)nc2c1Cl. The molecule has 0 bridgehead atoms. The number of fused-ring (bicyclic) bond motifs is 1. The molecule has 8 heteroatoms. The van der Waals surface area contributed by atoms with E-state index in [2.05, 4.69) is 9.97 Å². The van der Waals surface area contributed by atoms with Crippen molar-refractivity contribution in [1.82, 2.24) is 9.97 Å². The summed E-state index contributed by atoms with van der Waals surface area (Å²) in [5.74, 6) is 0.640. The first-order valence-corrected chi connectivity index (χ1v) is 8.02. The Morgan fingerprint density at radius 3 is 2.50 bits per heavy atom. The number of carbonyl (C=O) groups is 1. The van der Waals surface area contributed by atoms with E-state index in [1.54, 1.807) is 36.4 Å². The highest BCUT2D eigenvalue weighted by Gasteiger charge is 2.13. The van der Waals surface area contributed by atoms with E-state index in [0.29, 0.717) is 33.3 Å². The van der Waals surface area contributed by atoms with Crippen molar-refractivity contribution in [2.45, 2.75) is 13.0 Å². The van der Waals surface area contributed by atoms with E-state index >= 15 is 0 Å². The fourth-order valence-corrected chi connectivity index (χ4v) is 2.46. The summed E-state index contributed by atoms with van der Waals surface area (Å²) in [6.07, 6.45) is 0.549. The maximum Gasteiger partial charge on any atom is 0.344 e. The second-order valence-electron chi connectivity index (χ2n) is 5.33. The van der Waals surface area contributed by atoms with E-state index in [-0.39, 0.29) is 5.88 Å². The van der Waals surface area contributed by atoms with E-state index in [1.807, 2.05) is 0 Å². The summed E-state index contributed by atoms with van der Waals surface area (Å²) in [5.41, 5.74) is 1.09. The number of aromatic nitrogens is 2. The third-order valence-corrected chi connectivity index (χ3v) is 3.89. The molecule has 26 heavy (non-hydrogen) atoms. The Hall–Kier alpha value is -3.06. The van der Waals surface area contributed by atoms with Gasteiger partial charge in [-0.25, -0.2) is 14.8 Å². The number of carboxylic acids is 1. The molecule has 134 valence electrons. The highest BCUT2D eigenvalue weighted by Crippen LogP contribution is 2.32. The number of halogens is 1. The maximum atomic E-state index is 10.8. The Kier molecular flexibility index (Phi) is 5.09. The summed E-state index contributed by atoms with van der Waals surface area (Å²) >= 11 is 6.26. The standard InChI is InChI=1S/C18H15ClN2O5/c1-10(18(22)23)25-11-3-5-12(6-4-11)26-15-9-20-13-7-8-14(24-2)16(19)17(13)21-15/h3-10H,1-2H3,(H,22,23). The molecule has 3 rings (SSSR count). The van der Waals surface area contributed by atoms with Gasteiger partial charge in [-0.05, 0) is 43.3 Å². The molecular weight excluding hydrogens is 360 g/mol. The van der Waals surface area contributed by atoms with Crippen molar-refractivity contribution in [2.75, 3.05) is 7.11 Å². The molecule has 1 heterocycles. The lowest BCUT2D eigenvalue weighted by molar-refractivity contribution is -0.144. The summed E-state index contributed by atoms with van der Waals surface area (Å²) in [6.45, 7) is 1.45. The molecule has 1 aromatic heterocycles. The third-order valence-electron chi connectivity index (χ3n) is 3.52. The number of carboxylic acid groups (broad SMARTS) is 1. The van der Waals surface area contributed by atoms with Crippen molar-refractivity contribution in [3.8, 4) is 23.1 Å². The van der Waals surface area contributed by atoms with Gasteiger partial charge in [-0.1, -0.05) is 11.6 Å². The van der Waals surface area contributed by atoms with Gasteiger partial charge >= 0.3 is 5.97 Å². The number of rotatable bonds is 6. The van der Waals surface area contributed by atoms with Crippen LogP contribution in [0.5, 0.6) is 23.1 Å². The second-order valence-corrected chi connectivity index (χ2v) is 5.71. The summed E-state index contributed by atoms with van der Waals surface area (Å²) in [5, 5.41) is 9.21. The van der Waals surface area contributed by atoms with Crippen molar-refractivity contribution in [3.05, 3.63) is 47.6 Å². The normalized spacial score (nSPS) is 11.8. The third kappa shape index (κ3) is 3.78. The molecule has 1 unspecified atom stereocenters. The van der Waals surface area contributed by atoms with Crippen molar-refractivity contribution >= 4 is 28.6 Å². The average molecular weight is 375 g/mol. The van der Waals surface area contributed by atoms with Crippen LogP contribution in [-0.4, -0.2) is 34.3 Å². The van der Waals surface area contributed by atoms with Crippen LogP contribution < -0.4 is 14.2 Å². The quantitative estimate of drug-likeness (QED) is 0.698. The van der Waals surface area contributed by atoms with Crippen LogP contribution in [0.1, 0.15) is 6.92 Å². The van der Waals surface area contributed by atoms with Gasteiger partial charge in [0, 0.05) is 0 Å². The van der Waals surface area contributed by atoms with Gasteiger partial charge in [0.15, 0.2) is 6.10 Å². The van der Waals surface area contributed by atoms with Crippen LogP contribution in [0.15, 0.2) is 42.6 Å². The zero-order valence-corrected chi connectivity index (χ0v) is 14.7. The fourth-order valence-electron chi connectivity index (χ4n) is 2.18. The number of nitrogens with zero attached hydrogens (tertiary/aromatic N) is 2. The molecule has 0 amide bonds. The monoisotopic (exact) mass is 374 g/mol. The van der Waals surface area contributed by atoms with Crippen LogP contribution >= 0.6 is 11.6 Å². The molecule has 0 aliphatic heterocycles. The number of aliphatic carboxylic acids is 1. The van der Waals surface area contributed by atoms with E-state index < -0.39 is 12.1 Å². The largest absolute Gasteiger partial charge is 0.495 e. The molecule has 1 N–H and O–H groups in total. The van der Waals surface area contributed by atoms with Crippen molar-refractivity contribution in [3.63, 3.8) is 0 Å². The lowest BCUT2D eigenvalue weighted by Gasteiger charge is -2.11. The smallest absolute Gasteiger partial charge is 0.344 e. The van der Waals surface area contributed by atoms with Crippen LogP contribution in [0.25, 0.3) is 11.0 Å². The molecule has 0 saturated heterocycles. The highest BCUT2D eigenvalue weighted by molar-refractivity contribution is 6.36. The van der Waals surface area contributed by atoms with Gasteiger partial charge in [0.1, 0.15) is 27.8 Å². The van der Waals surface area contributed by atoms with Gasteiger partial charge in [-0.15, -0.1) is 0 Å². The molecular formula is C18H15ClN2O5. The second kappa shape index (κ2) is 7.45. The predicted molar refractivity (Wildman–Crippen MR) is 95.3 cm³/mol. The average Bonchev–Trinajstić information content (AvgIpc) is 2.64.